The van der Waals surface area contributed by atoms with Gasteiger partial charge in [-0.2, -0.15) is 0 Å². The van der Waals surface area contributed by atoms with Crippen molar-refractivity contribution in [3.05, 3.63) is 35.8 Å². The molecule has 1 amide bonds. The molecule has 0 unspecified atom stereocenters. The molecular formula is C15H20N4O3. The van der Waals surface area contributed by atoms with Crippen LogP contribution in [0.4, 0.5) is 0 Å². The summed E-state index contributed by atoms with van der Waals surface area (Å²) in [6, 6.07) is 3.56. The lowest BCUT2D eigenvalue weighted by Crippen LogP contribution is -2.25. The van der Waals surface area contributed by atoms with Crippen LogP contribution in [0.15, 0.2) is 22.9 Å². The molecule has 1 aliphatic rings. The van der Waals surface area contributed by atoms with Crippen LogP contribution in [-0.2, 0) is 13.2 Å². The fourth-order valence-electron chi connectivity index (χ4n) is 2.89. The number of hydrogen-bond acceptors (Lipinski definition) is 5. The van der Waals surface area contributed by atoms with Crippen LogP contribution < -0.4 is 5.32 Å². The number of nitrogens with zero attached hydrogens (tertiary/aromatic N) is 3. The molecule has 2 aromatic rings. The number of aliphatic hydroxyl groups is 1. The molecule has 0 bridgehead atoms. The largest absolute Gasteiger partial charge is 0.453 e. The van der Waals surface area contributed by atoms with E-state index in [1.54, 1.807) is 18.5 Å². The highest BCUT2D eigenvalue weighted by atomic mass is 16.4. The van der Waals surface area contributed by atoms with Gasteiger partial charge in [0.05, 0.1) is 6.54 Å². The summed E-state index contributed by atoms with van der Waals surface area (Å²) in [5, 5.41) is 19.8. The van der Waals surface area contributed by atoms with Crippen LogP contribution >= 0.6 is 0 Å². The molecule has 22 heavy (non-hydrogen) atoms. The third-order valence-corrected chi connectivity index (χ3v) is 4.06. The molecule has 118 valence electrons. The Morgan fingerprint density at radius 1 is 1.36 bits per heavy atom. The Balaban J connectivity index is 1.61. The summed E-state index contributed by atoms with van der Waals surface area (Å²) < 4.78 is 7.28. The van der Waals surface area contributed by atoms with Crippen LogP contribution in [0.5, 0.6) is 0 Å². The van der Waals surface area contributed by atoms with E-state index in [-0.39, 0.29) is 18.3 Å². The highest BCUT2D eigenvalue weighted by Gasteiger charge is 2.19. The average molecular weight is 304 g/mol. The van der Waals surface area contributed by atoms with Crippen molar-refractivity contribution in [3.8, 4) is 0 Å². The Labute approximate surface area is 128 Å². The summed E-state index contributed by atoms with van der Waals surface area (Å²) in [4.78, 5) is 12.0. The van der Waals surface area contributed by atoms with E-state index in [0.717, 1.165) is 18.7 Å². The van der Waals surface area contributed by atoms with E-state index >= 15 is 0 Å². The van der Waals surface area contributed by atoms with Gasteiger partial charge in [0.15, 0.2) is 11.6 Å². The van der Waals surface area contributed by atoms with Crippen molar-refractivity contribution in [2.75, 3.05) is 0 Å². The Morgan fingerprint density at radius 2 is 2.18 bits per heavy atom. The van der Waals surface area contributed by atoms with Gasteiger partial charge in [0.2, 0.25) is 0 Å². The van der Waals surface area contributed by atoms with Crippen LogP contribution in [0, 0.1) is 0 Å². The van der Waals surface area contributed by atoms with E-state index in [2.05, 4.69) is 20.1 Å². The zero-order valence-corrected chi connectivity index (χ0v) is 12.4. The van der Waals surface area contributed by atoms with Crippen LogP contribution in [0.2, 0.25) is 0 Å². The maximum absolute atomic E-state index is 12.0. The molecule has 2 aromatic heterocycles. The molecule has 7 heteroatoms. The van der Waals surface area contributed by atoms with Crippen molar-refractivity contribution in [2.45, 2.75) is 51.3 Å². The van der Waals surface area contributed by atoms with Crippen molar-refractivity contribution in [1.82, 2.24) is 20.1 Å². The summed E-state index contributed by atoms with van der Waals surface area (Å²) in [5.41, 5.74) is 0. The first-order valence-corrected chi connectivity index (χ1v) is 7.64. The normalized spacial score (nSPS) is 15.9. The molecule has 0 radical (unpaired) electrons. The quantitative estimate of drug-likeness (QED) is 0.878. The minimum atomic E-state index is -0.321. The first-order valence-electron chi connectivity index (χ1n) is 7.64. The number of rotatable bonds is 5. The van der Waals surface area contributed by atoms with E-state index < -0.39 is 0 Å². The highest BCUT2D eigenvalue weighted by Crippen LogP contribution is 2.28. The first kappa shape index (κ1) is 14.8. The van der Waals surface area contributed by atoms with E-state index in [0.29, 0.717) is 18.3 Å². The molecule has 3 rings (SSSR count). The number of furan rings is 1. The van der Waals surface area contributed by atoms with Gasteiger partial charge in [-0.25, -0.2) is 0 Å². The predicted octanol–water partition coefficient (Wildman–Crippen LogP) is 1.80. The zero-order valence-electron chi connectivity index (χ0n) is 12.4. The van der Waals surface area contributed by atoms with E-state index in [1.807, 2.05) is 0 Å². The maximum Gasteiger partial charge on any atom is 0.287 e. The molecule has 2 heterocycles. The number of amides is 1. The number of aliphatic hydroxyl groups excluding tert-OH is 1. The van der Waals surface area contributed by atoms with Crippen LogP contribution in [-0.4, -0.2) is 25.8 Å². The predicted molar refractivity (Wildman–Crippen MR) is 77.9 cm³/mol. The standard InChI is InChI=1S/C15H20N4O3/c20-9-12-6-7-13(22-12)15(21)16-8-14-18-17-10-19(14)11-4-2-1-3-5-11/h6-7,10-11,20H,1-5,8-9H2,(H,16,21). The Kier molecular flexibility index (Phi) is 4.53. The molecule has 7 nitrogen and oxygen atoms in total. The van der Waals surface area contributed by atoms with Gasteiger partial charge in [-0.1, -0.05) is 19.3 Å². The number of hydrogen-bond donors (Lipinski definition) is 2. The van der Waals surface area contributed by atoms with Crippen LogP contribution in [0.3, 0.4) is 0 Å². The zero-order chi connectivity index (χ0) is 15.4. The molecule has 0 aromatic carbocycles. The second-order valence-electron chi connectivity index (χ2n) is 5.55. The fraction of sp³-hybridized carbons (Fsp3) is 0.533. The van der Waals surface area contributed by atoms with Crippen LogP contribution in [0.25, 0.3) is 0 Å². The Bertz CT molecular complexity index is 628. The molecule has 0 spiro atoms. The SMILES string of the molecule is O=C(NCc1nncn1C1CCCCC1)c1ccc(CO)o1. The van der Waals surface area contributed by atoms with Crippen molar-refractivity contribution in [3.63, 3.8) is 0 Å². The topological polar surface area (TPSA) is 93.2 Å². The summed E-state index contributed by atoms with van der Waals surface area (Å²) in [6.45, 7) is 0.0910. The lowest BCUT2D eigenvalue weighted by Gasteiger charge is -2.23. The third-order valence-electron chi connectivity index (χ3n) is 4.06. The monoisotopic (exact) mass is 304 g/mol. The summed E-state index contributed by atoms with van der Waals surface area (Å²) in [5.74, 6) is 0.996. The van der Waals surface area contributed by atoms with Gasteiger partial charge in [-0.15, -0.1) is 10.2 Å². The van der Waals surface area contributed by atoms with Crippen molar-refractivity contribution in [2.24, 2.45) is 0 Å². The smallest absolute Gasteiger partial charge is 0.287 e. The molecule has 1 aliphatic carbocycles. The maximum atomic E-state index is 12.0. The van der Waals surface area contributed by atoms with Gasteiger partial charge in [-0.05, 0) is 25.0 Å². The lowest BCUT2D eigenvalue weighted by atomic mass is 9.95. The summed E-state index contributed by atoms with van der Waals surface area (Å²) >= 11 is 0. The minimum absolute atomic E-state index is 0.188. The van der Waals surface area contributed by atoms with Crippen molar-refractivity contribution in [1.29, 1.82) is 0 Å². The van der Waals surface area contributed by atoms with Gasteiger partial charge in [0.25, 0.3) is 5.91 Å². The lowest BCUT2D eigenvalue weighted by molar-refractivity contribution is 0.0916. The first-order chi connectivity index (χ1) is 10.8. The average Bonchev–Trinajstić information content (AvgIpc) is 3.22. The van der Waals surface area contributed by atoms with Crippen LogP contribution in [0.1, 0.15) is 60.3 Å². The van der Waals surface area contributed by atoms with Gasteiger partial charge < -0.3 is 19.4 Å². The summed E-state index contributed by atoms with van der Waals surface area (Å²) in [7, 11) is 0. The fourth-order valence-corrected chi connectivity index (χ4v) is 2.89. The second-order valence-corrected chi connectivity index (χ2v) is 5.55. The molecule has 1 saturated carbocycles. The molecular weight excluding hydrogens is 284 g/mol. The van der Waals surface area contributed by atoms with E-state index in [4.69, 9.17) is 9.52 Å². The van der Waals surface area contributed by atoms with Gasteiger partial charge in [0.1, 0.15) is 18.7 Å². The van der Waals surface area contributed by atoms with Gasteiger partial charge in [-0.3, -0.25) is 4.79 Å². The molecule has 2 N–H and O–H groups in total. The Hall–Kier alpha value is -2.15. The number of carbonyl (C=O) groups excluding carboxylic acids is 1. The highest BCUT2D eigenvalue weighted by molar-refractivity contribution is 5.91. The van der Waals surface area contributed by atoms with Crippen molar-refractivity contribution >= 4 is 5.91 Å². The van der Waals surface area contributed by atoms with E-state index in [9.17, 15) is 4.79 Å². The number of nitrogens with one attached hydrogen (secondary N) is 1. The second kappa shape index (κ2) is 6.74. The minimum Gasteiger partial charge on any atom is -0.453 e. The third kappa shape index (κ3) is 3.19. The molecule has 0 aliphatic heterocycles. The molecule has 0 saturated heterocycles. The number of carbonyl (C=O) groups is 1. The molecule has 0 atom stereocenters. The number of aromatic nitrogens is 3. The van der Waals surface area contributed by atoms with Gasteiger partial charge in [0, 0.05) is 6.04 Å². The van der Waals surface area contributed by atoms with E-state index in [1.165, 1.54) is 19.3 Å². The summed E-state index contributed by atoms with van der Waals surface area (Å²) in [6.07, 6.45) is 7.76. The molecule has 1 fully saturated rings. The Morgan fingerprint density at radius 3 is 2.91 bits per heavy atom. The van der Waals surface area contributed by atoms with Gasteiger partial charge >= 0.3 is 0 Å². The van der Waals surface area contributed by atoms with Crippen molar-refractivity contribution < 1.29 is 14.3 Å².